The monoisotopic (exact) mass is 945 g/mol. The summed E-state index contributed by atoms with van der Waals surface area (Å²) in [6.07, 6.45) is 65.0. The Kier molecular flexibility index (Phi) is 55.2. The molecular formula is C61H116O6. The molecule has 0 saturated carbocycles. The molecular weight excluding hydrogens is 829 g/mol. The molecule has 0 bridgehead atoms. The molecule has 0 aliphatic carbocycles. The van der Waals surface area contributed by atoms with Crippen molar-refractivity contribution >= 4 is 17.9 Å². The Hall–Kier alpha value is -1.85. The van der Waals surface area contributed by atoms with Crippen molar-refractivity contribution < 1.29 is 28.6 Å². The molecule has 0 rings (SSSR count). The van der Waals surface area contributed by atoms with Crippen molar-refractivity contribution in [1.82, 2.24) is 0 Å². The van der Waals surface area contributed by atoms with Crippen LogP contribution in [0, 0.1) is 0 Å². The fourth-order valence-electron chi connectivity index (χ4n) is 9.21. The minimum absolute atomic E-state index is 0.0675. The van der Waals surface area contributed by atoms with Crippen LogP contribution in [0.1, 0.15) is 342 Å². The van der Waals surface area contributed by atoms with Gasteiger partial charge >= 0.3 is 17.9 Å². The Morgan fingerprint density at radius 1 is 0.284 bits per heavy atom. The number of rotatable bonds is 56. The standard InChI is InChI=1S/C61H116O6/c1-4-7-10-13-16-19-22-25-26-27-28-29-30-31-32-33-34-35-37-39-42-45-48-51-54-60(63)66-57-58(56-65-59(62)53-50-47-44-41-38-24-21-18-15-12-9-6-3)67-61(64)55-52-49-46-43-40-36-23-20-17-14-11-8-5-2/h20,23,58H,4-19,21-22,24-57H2,1-3H3/b23-20-. The molecule has 0 amide bonds. The lowest BCUT2D eigenvalue weighted by Crippen LogP contribution is -2.30. The van der Waals surface area contributed by atoms with Gasteiger partial charge in [-0.05, 0) is 44.9 Å². The molecule has 1 atom stereocenters. The van der Waals surface area contributed by atoms with Crippen LogP contribution < -0.4 is 0 Å². The minimum atomic E-state index is -0.768. The molecule has 67 heavy (non-hydrogen) atoms. The van der Waals surface area contributed by atoms with Gasteiger partial charge in [-0.25, -0.2) is 0 Å². The van der Waals surface area contributed by atoms with Gasteiger partial charge in [-0.15, -0.1) is 0 Å². The van der Waals surface area contributed by atoms with Gasteiger partial charge in [0, 0.05) is 19.3 Å². The second-order valence-electron chi connectivity index (χ2n) is 20.6. The predicted molar refractivity (Wildman–Crippen MR) is 289 cm³/mol. The summed E-state index contributed by atoms with van der Waals surface area (Å²) in [6, 6.07) is 0. The molecule has 1 unspecified atom stereocenters. The summed E-state index contributed by atoms with van der Waals surface area (Å²) in [5, 5.41) is 0. The number of hydrogen-bond donors (Lipinski definition) is 0. The van der Waals surface area contributed by atoms with Gasteiger partial charge in [-0.3, -0.25) is 14.4 Å². The normalized spacial score (nSPS) is 12.0. The van der Waals surface area contributed by atoms with Crippen LogP contribution in [0.4, 0.5) is 0 Å². The number of allylic oxidation sites excluding steroid dienone is 2. The number of carbonyl (C=O) groups excluding carboxylic acids is 3. The fourth-order valence-corrected chi connectivity index (χ4v) is 9.21. The molecule has 0 aromatic rings. The molecule has 396 valence electrons. The van der Waals surface area contributed by atoms with Crippen molar-refractivity contribution in [3.63, 3.8) is 0 Å². The number of hydrogen-bond acceptors (Lipinski definition) is 6. The quantitative estimate of drug-likeness (QED) is 0.0262. The van der Waals surface area contributed by atoms with Gasteiger partial charge in [0.1, 0.15) is 13.2 Å². The van der Waals surface area contributed by atoms with Gasteiger partial charge in [0.05, 0.1) is 0 Å². The zero-order valence-electron chi connectivity index (χ0n) is 45.5. The van der Waals surface area contributed by atoms with Crippen molar-refractivity contribution in [2.24, 2.45) is 0 Å². The van der Waals surface area contributed by atoms with Crippen LogP contribution in [0.2, 0.25) is 0 Å². The SMILES string of the molecule is CCCCCC/C=C\CCCCCCCC(=O)OC(COC(=O)CCCCCCCCCCCCCC)COC(=O)CCCCCCCCCCCCCCCCCCCCCCCCCC. The van der Waals surface area contributed by atoms with Crippen molar-refractivity contribution in [2.75, 3.05) is 13.2 Å². The zero-order valence-corrected chi connectivity index (χ0v) is 45.5. The highest BCUT2D eigenvalue weighted by Gasteiger charge is 2.19. The molecule has 0 N–H and O–H groups in total. The maximum absolute atomic E-state index is 12.8. The molecule has 0 fully saturated rings. The highest BCUT2D eigenvalue weighted by atomic mass is 16.6. The highest BCUT2D eigenvalue weighted by Crippen LogP contribution is 2.18. The molecule has 0 aliphatic heterocycles. The van der Waals surface area contributed by atoms with E-state index in [1.807, 2.05) is 0 Å². The first kappa shape index (κ1) is 65.1. The Bertz CT molecular complexity index is 1040. The molecule has 6 heteroatoms. The Morgan fingerprint density at radius 2 is 0.493 bits per heavy atom. The fraction of sp³-hybridized carbons (Fsp3) is 0.918. The molecule has 0 aromatic carbocycles. The summed E-state index contributed by atoms with van der Waals surface area (Å²) < 4.78 is 16.9. The van der Waals surface area contributed by atoms with Crippen LogP contribution in [0.3, 0.4) is 0 Å². The average Bonchev–Trinajstić information content (AvgIpc) is 3.33. The summed E-state index contributed by atoms with van der Waals surface area (Å²) in [5.74, 6) is -0.853. The highest BCUT2D eigenvalue weighted by molar-refractivity contribution is 5.71. The first-order valence-electron chi connectivity index (χ1n) is 30.2. The van der Waals surface area contributed by atoms with Crippen molar-refractivity contribution in [3.8, 4) is 0 Å². The molecule has 6 nitrogen and oxygen atoms in total. The van der Waals surface area contributed by atoms with E-state index >= 15 is 0 Å². The maximum Gasteiger partial charge on any atom is 0.306 e. The van der Waals surface area contributed by atoms with E-state index in [1.54, 1.807) is 0 Å². The lowest BCUT2D eigenvalue weighted by atomic mass is 10.0. The van der Waals surface area contributed by atoms with E-state index < -0.39 is 6.10 Å². The Morgan fingerprint density at radius 3 is 0.761 bits per heavy atom. The summed E-state index contributed by atoms with van der Waals surface area (Å²) in [5.41, 5.74) is 0. The van der Waals surface area contributed by atoms with Gasteiger partial charge in [-0.2, -0.15) is 0 Å². The van der Waals surface area contributed by atoms with Gasteiger partial charge in [0.25, 0.3) is 0 Å². The van der Waals surface area contributed by atoms with E-state index in [0.717, 1.165) is 64.2 Å². The smallest absolute Gasteiger partial charge is 0.306 e. The first-order chi connectivity index (χ1) is 33.0. The van der Waals surface area contributed by atoms with Crippen LogP contribution in [-0.4, -0.2) is 37.2 Å². The molecule has 0 radical (unpaired) electrons. The zero-order chi connectivity index (χ0) is 48.6. The van der Waals surface area contributed by atoms with E-state index in [2.05, 4.69) is 32.9 Å². The topological polar surface area (TPSA) is 78.9 Å². The Balaban J connectivity index is 4.17. The van der Waals surface area contributed by atoms with Crippen LogP contribution in [0.15, 0.2) is 12.2 Å². The minimum Gasteiger partial charge on any atom is -0.462 e. The van der Waals surface area contributed by atoms with Gasteiger partial charge in [0.15, 0.2) is 6.10 Å². The van der Waals surface area contributed by atoms with Crippen molar-refractivity contribution in [1.29, 1.82) is 0 Å². The van der Waals surface area contributed by atoms with E-state index in [1.165, 1.54) is 238 Å². The van der Waals surface area contributed by atoms with Gasteiger partial charge in [-0.1, -0.05) is 290 Å². The molecule has 0 spiro atoms. The third-order valence-corrected chi connectivity index (χ3v) is 13.8. The number of carbonyl (C=O) groups is 3. The number of ether oxygens (including phenoxy) is 3. The van der Waals surface area contributed by atoms with E-state index in [4.69, 9.17) is 14.2 Å². The Labute approximate surface area is 418 Å². The van der Waals surface area contributed by atoms with Crippen LogP contribution in [-0.2, 0) is 28.6 Å². The van der Waals surface area contributed by atoms with Gasteiger partial charge < -0.3 is 14.2 Å². The van der Waals surface area contributed by atoms with E-state index in [-0.39, 0.29) is 31.1 Å². The summed E-state index contributed by atoms with van der Waals surface area (Å²) in [7, 11) is 0. The molecule has 0 aromatic heterocycles. The lowest BCUT2D eigenvalue weighted by molar-refractivity contribution is -0.167. The first-order valence-corrected chi connectivity index (χ1v) is 30.2. The van der Waals surface area contributed by atoms with Crippen LogP contribution >= 0.6 is 0 Å². The van der Waals surface area contributed by atoms with E-state index in [0.29, 0.717) is 19.3 Å². The average molecular weight is 946 g/mol. The predicted octanol–water partition coefficient (Wildman–Crippen LogP) is 20.1. The number of unbranched alkanes of at least 4 members (excludes halogenated alkanes) is 43. The molecule has 0 heterocycles. The van der Waals surface area contributed by atoms with Crippen molar-refractivity contribution in [2.45, 2.75) is 348 Å². The largest absolute Gasteiger partial charge is 0.462 e. The number of esters is 3. The maximum atomic E-state index is 12.8. The van der Waals surface area contributed by atoms with E-state index in [9.17, 15) is 14.4 Å². The second kappa shape index (κ2) is 56.7. The van der Waals surface area contributed by atoms with Gasteiger partial charge in [0.2, 0.25) is 0 Å². The third-order valence-electron chi connectivity index (χ3n) is 13.8. The second-order valence-corrected chi connectivity index (χ2v) is 20.6. The summed E-state index contributed by atoms with van der Waals surface area (Å²) in [6.45, 7) is 6.67. The summed E-state index contributed by atoms with van der Waals surface area (Å²) in [4.78, 5) is 38.1. The summed E-state index contributed by atoms with van der Waals surface area (Å²) >= 11 is 0. The lowest BCUT2D eigenvalue weighted by Gasteiger charge is -2.18. The molecule has 0 saturated heterocycles. The van der Waals surface area contributed by atoms with Crippen molar-refractivity contribution in [3.05, 3.63) is 12.2 Å². The molecule has 0 aliphatic rings. The third kappa shape index (κ3) is 55.0. The van der Waals surface area contributed by atoms with Crippen LogP contribution in [0.5, 0.6) is 0 Å². The van der Waals surface area contributed by atoms with Crippen LogP contribution in [0.25, 0.3) is 0 Å².